The van der Waals surface area contributed by atoms with E-state index in [0.29, 0.717) is 10.2 Å². The normalized spacial score (nSPS) is 10.6. The Morgan fingerprint density at radius 2 is 2.16 bits per heavy atom. The number of carbonyl (C=O) groups is 1. The highest BCUT2D eigenvalue weighted by Gasteiger charge is 2.13. The number of pyridine rings is 1. The number of furan rings is 1. The van der Waals surface area contributed by atoms with Gasteiger partial charge in [-0.3, -0.25) is 9.78 Å². The monoisotopic (exact) mass is 316 g/mol. The van der Waals surface area contributed by atoms with Crippen molar-refractivity contribution in [1.29, 1.82) is 0 Å². The lowest BCUT2D eigenvalue weighted by Crippen LogP contribution is -2.11. The molecule has 19 heavy (non-hydrogen) atoms. The van der Waals surface area contributed by atoms with Crippen molar-refractivity contribution in [3.8, 4) is 0 Å². The maximum absolute atomic E-state index is 12.1. The molecule has 3 rings (SSSR count). The first-order valence-electron chi connectivity index (χ1n) is 5.63. The third-order valence-corrected chi connectivity index (χ3v) is 3.41. The molecule has 0 fully saturated rings. The lowest BCUT2D eigenvalue weighted by Gasteiger charge is -2.07. The van der Waals surface area contributed by atoms with E-state index in [4.69, 9.17) is 4.42 Å². The Balaban J connectivity index is 1.98. The Hall–Kier alpha value is -2.14. The molecule has 1 amide bonds. The average Bonchev–Trinajstić information content (AvgIpc) is 2.85. The number of hydrogen-bond donors (Lipinski definition) is 1. The number of anilines is 1. The molecular weight excluding hydrogens is 308 g/mol. The van der Waals surface area contributed by atoms with Crippen molar-refractivity contribution in [2.75, 3.05) is 5.32 Å². The first kappa shape index (κ1) is 11.9. The van der Waals surface area contributed by atoms with Crippen molar-refractivity contribution < 1.29 is 9.21 Å². The third kappa shape index (κ3) is 2.24. The molecule has 0 bridgehead atoms. The molecule has 0 aliphatic heterocycles. The van der Waals surface area contributed by atoms with Crippen LogP contribution in [0.4, 0.5) is 5.69 Å². The fourth-order valence-electron chi connectivity index (χ4n) is 1.87. The number of carbonyl (C=O) groups excluding carboxylic acids is 1. The topological polar surface area (TPSA) is 55.1 Å². The van der Waals surface area contributed by atoms with Crippen molar-refractivity contribution in [2.24, 2.45) is 0 Å². The first-order chi connectivity index (χ1) is 9.25. The van der Waals surface area contributed by atoms with Gasteiger partial charge in [-0.1, -0.05) is 12.1 Å². The Labute approximate surface area is 117 Å². The predicted molar refractivity (Wildman–Crippen MR) is 76.1 cm³/mol. The molecule has 0 saturated carbocycles. The van der Waals surface area contributed by atoms with Gasteiger partial charge in [-0.25, -0.2) is 0 Å². The minimum absolute atomic E-state index is 0.225. The summed E-state index contributed by atoms with van der Waals surface area (Å²) in [4.78, 5) is 16.2. The highest BCUT2D eigenvalue weighted by Crippen LogP contribution is 2.24. The second-order valence-electron chi connectivity index (χ2n) is 3.96. The van der Waals surface area contributed by atoms with Crippen molar-refractivity contribution in [1.82, 2.24) is 4.98 Å². The number of halogens is 1. The molecule has 4 nitrogen and oxygen atoms in total. The summed E-state index contributed by atoms with van der Waals surface area (Å²) in [6.07, 6.45) is 4.92. The fourth-order valence-corrected chi connectivity index (χ4v) is 2.29. The van der Waals surface area contributed by atoms with Gasteiger partial charge in [-0.15, -0.1) is 0 Å². The van der Waals surface area contributed by atoms with E-state index in [0.717, 1.165) is 16.5 Å². The fraction of sp³-hybridized carbons (Fsp3) is 0. The number of nitrogens with one attached hydrogen (secondary N) is 1. The molecule has 3 aromatic rings. The zero-order chi connectivity index (χ0) is 13.2. The zero-order valence-electron chi connectivity index (χ0n) is 9.76. The first-order valence-corrected chi connectivity index (χ1v) is 6.42. The molecule has 0 unspecified atom stereocenters. The lowest BCUT2D eigenvalue weighted by molar-refractivity contribution is 0.102. The number of aromatic nitrogens is 1. The Morgan fingerprint density at radius 1 is 1.26 bits per heavy atom. The Morgan fingerprint density at radius 3 is 2.95 bits per heavy atom. The van der Waals surface area contributed by atoms with Gasteiger partial charge in [0.05, 0.1) is 17.5 Å². The molecular formula is C14H9BrN2O2. The SMILES string of the molecule is O=C(Nc1cccc2ccncc12)c1ccoc1Br. The van der Waals surface area contributed by atoms with Crippen LogP contribution in [0.2, 0.25) is 0 Å². The van der Waals surface area contributed by atoms with Crippen LogP contribution < -0.4 is 5.32 Å². The maximum atomic E-state index is 12.1. The molecule has 2 aromatic heterocycles. The Kier molecular flexibility index (Phi) is 3.05. The summed E-state index contributed by atoms with van der Waals surface area (Å²) < 4.78 is 5.47. The second-order valence-corrected chi connectivity index (χ2v) is 4.68. The van der Waals surface area contributed by atoms with Crippen molar-refractivity contribution >= 4 is 38.3 Å². The number of fused-ring (bicyclic) bond motifs is 1. The van der Waals surface area contributed by atoms with Crippen molar-refractivity contribution in [2.45, 2.75) is 0 Å². The van der Waals surface area contributed by atoms with Crippen LogP contribution in [0.25, 0.3) is 10.8 Å². The van der Waals surface area contributed by atoms with Gasteiger partial charge in [-0.2, -0.15) is 0 Å². The minimum atomic E-state index is -0.225. The summed E-state index contributed by atoms with van der Waals surface area (Å²) in [5, 5.41) is 4.79. The highest BCUT2D eigenvalue weighted by atomic mass is 79.9. The van der Waals surface area contributed by atoms with E-state index in [1.54, 1.807) is 18.5 Å². The van der Waals surface area contributed by atoms with Gasteiger partial charge in [0.15, 0.2) is 4.67 Å². The summed E-state index contributed by atoms with van der Waals surface area (Å²) in [6, 6.07) is 9.22. The third-order valence-electron chi connectivity index (χ3n) is 2.79. The van der Waals surface area contributed by atoms with Gasteiger partial charge in [0, 0.05) is 17.8 Å². The predicted octanol–water partition coefficient (Wildman–Crippen LogP) is 3.84. The molecule has 0 aliphatic carbocycles. The summed E-state index contributed by atoms with van der Waals surface area (Å²) in [6.45, 7) is 0. The van der Waals surface area contributed by atoms with E-state index in [1.807, 2.05) is 24.3 Å². The quantitative estimate of drug-likeness (QED) is 0.781. The van der Waals surface area contributed by atoms with Crippen LogP contribution >= 0.6 is 15.9 Å². The average molecular weight is 317 g/mol. The van der Waals surface area contributed by atoms with Gasteiger partial charge < -0.3 is 9.73 Å². The summed E-state index contributed by atoms with van der Waals surface area (Å²) in [5.41, 5.74) is 1.18. The minimum Gasteiger partial charge on any atom is -0.457 e. The van der Waals surface area contributed by atoms with E-state index in [2.05, 4.69) is 26.2 Å². The van der Waals surface area contributed by atoms with Crippen LogP contribution in [-0.2, 0) is 0 Å². The second kappa shape index (κ2) is 4.85. The standard InChI is InChI=1S/C14H9BrN2O2/c15-13-10(5-7-19-13)14(18)17-12-3-1-2-9-4-6-16-8-11(9)12/h1-8H,(H,17,18). The number of rotatable bonds is 2. The van der Waals surface area contributed by atoms with Crippen LogP contribution in [-0.4, -0.2) is 10.9 Å². The summed E-state index contributed by atoms with van der Waals surface area (Å²) in [5.74, 6) is -0.225. The van der Waals surface area contributed by atoms with Crippen LogP contribution in [0.1, 0.15) is 10.4 Å². The van der Waals surface area contributed by atoms with E-state index in [9.17, 15) is 4.79 Å². The van der Waals surface area contributed by atoms with Crippen LogP contribution in [0.15, 0.2) is 58.1 Å². The van der Waals surface area contributed by atoms with Crippen LogP contribution in [0.3, 0.4) is 0 Å². The lowest BCUT2D eigenvalue weighted by atomic mass is 10.1. The van der Waals surface area contributed by atoms with Gasteiger partial charge in [-0.05, 0) is 39.5 Å². The smallest absolute Gasteiger partial charge is 0.260 e. The van der Waals surface area contributed by atoms with Gasteiger partial charge in [0.2, 0.25) is 0 Å². The molecule has 5 heteroatoms. The molecule has 0 radical (unpaired) electrons. The number of hydrogen-bond acceptors (Lipinski definition) is 3. The number of benzene rings is 1. The maximum Gasteiger partial charge on any atom is 0.260 e. The molecule has 94 valence electrons. The van der Waals surface area contributed by atoms with E-state index in [1.165, 1.54) is 6.26 Å². The van der Waals surface area contributed by atoms with Crippen molar-refractivity contribution in [3.05, 3.63) is 59.2 Å². The molecule has 2 heterocycles. The molecule has 0 atom stereocenters. The highest BCUT2D eigenvalue weighted by molar-refractivity contribution is 9.10. The zero-order valence-corrected chi connectivity index (χ0v) is 11.3. The van der Waals surface area contributed by atoms with Gasteiger partial charge >= 0.3 is 0 Å². The van der Waals surface area contributed by atoms with Crippen LogP contribution in [0.5, 0.6) is 0 Å². The largest absolute Gasteiger partial charge is 0.457 e. The van der Waals surface area contributed by atoms with Crippen LogP contribution in [0, 0.1) is 0 Å². The number of nitrogens with zero attached hydrogens (tertiary/aromatic N) is 1. The molecule has 1 aromatic carbocycles. The van der Waals surface area contributed by atoms with Crippen molar-refractivity contribution in [3.63, 3.8) is 0 Å². The summed E-state index contributed by atoms with van der Waals surface area (Å²) >= 11 is 3.19. The molecule has 0 aliphatic rings. The van der Waals surface area contributed by atoms with Gasteiger partial charge in [0.1, 0.15) is 0 Å². The molecule has 1 N–H and O–H groups in total. The summed E-state index contributed by atoms with van der Waals surface area (Å²) in [7, 11) is 0. The molecule has 0 spiro atoms. The van der Waals surface area contributed by atoms with Gasteiger partial charge in [0.25, 0.3) is 5.91 Å². The molecule has 0 saturated heterocycles. The Bertz CT molecular complexity index is 747. The van der Waals surface area contributed by atoms with E-state index in [-0.39, 0.29) is 5.91 Å². The van der Waals surface area contributed by atoms with E-state index < -0.39 is 0 Å². The number of amides is 1. The van der Waals surface area contributed by atoms with E-state index >= 15 is 0 Å².